The molecule has 6 nitrogen and oxygen atoms in total. The first-order valence-electron chi connectivity index (χ1n) is 9.13. The fraction of sp³-hybridized carbons (Fsp3) is 0.350. The monoisotopic (exact) mass is 466 g/mol. The van der Waals surface area contributed by atoms with Crippen molar-refractivity contribution in [3.63, 3.8) is 0 Å². The molecule has 150 valence electrons. The van der Waals surface area contributed by atoms with Crippen molar-refractivity contribution in [3.8, 4) is 5.75 Å². The number of anilines is 1. The van der Waals surface area contributed by atoms with E-state index in [1.165, 1.54) is 16.4 Å². The van der Waals surface area contributed by atoms with E-state index >= 15 is 0 Å². The first-order valence-corrected chi connectivity index (χ1v) is 11.4. The second-order valence-electron chi connectivity index (χ2n) is 6.90. The first kappa shape index (κ1) is 20.8. The van der Waals surface area contributed by atoms with Crippen molar-refractivity contribution >= 4 is 37.5 Å². The molecule has 2 aromatic rings. The lowest BCUT2D eigenvalue weighted by molar-refractivity contribution is -0.118. The highest BCUT2D eigenvalue weighted by molar-refractivity contribution is 9.10. The Morgan fingerprint density at radius 3 is 2.32 bits per heavy atom. The molecule has 0 bridgehead atoms. The number of hydrogen-bond acceptors (Lipinski definition) is 4. The van der Waals surface area contributed by atoms with Crippen LogP contribution in [0.5, 0.6) is 5.75 Å². The molecule has 0 saturated carbocycles. The van der Waals surface area contributed by atoms with Crippen LogP contribution in [0.3, 0.4) is 0 Å². The Balaban J connectivity index is 1.56. The maximum atomic E-state index is 12.7. The lowest BCUT2D eigenvalue weighted by atomic mass is 10.0. The minimum Gasteiger partial charge on any atom is -0.484 e. The van der Waals surface area contributed by atoms with E-state index in [1.807, 2.05) is 12.1 Å². The number of rotatable bonds is 6. The van der Waals surface area contributed by atoms with Gasteiger partial charge in [0.1, 0.15) is 5.75 Å². The van der Waals surface area contributed by atoms with Crippen molar-refractivity contribution in [2.45, 2.75) is 24.7 Å². The van der Waals surface area contributed by atoms with Gasteiger partial charge in [0.05, 0.1) is 4.90 Å². The average molecular weight is 467 g/mol. The molecule has 1 heterocycles. The molecular formula is C20H23BrN2O4S. The molecule has 1 aliphatic rings. The summed E-state index contributed by atoms with van der Waals surface area (Å²) in [6.45, 7) is 3.11. The van der Waals surface area contributed by atoms with Crippen molar-refractivity contribution in [3.05, 3.63) is 53.0 Å². The Morgan fingerprint density at radius 2 is 1.71 bits per heavy atom. The summed E-state index contributed by atoms with van der Waals surface area (Å²) in [5, 5.41) is 2.71. The molecular weight excluding hydrogens is 444 g/mol. The fourth-order valence-electron chi connectivity index (χ4n) is 2.96. The van der Waals surface area contributed by atoms with Gasteiger partial charge >= 0.3 is 0 Å². The van der Waals surface area contributed by atoms with Crippen LogP contribution in [0, 0.1) is 5.92 Å². The van der Waals surface area contributed by atoms with Crippen LogP contribution in [0.15, 0.2) is 57.9 Å². The second-order valence-corrected chi connectivity index (χ2v) is 9.76. The summed E-state index contributed by atoms with van der Waals surface area (Å²) in [7, 11) is -3.49. The maximum absolute atomic E-state index is 12.7. The molecule has 2 aromatic carbocycles. The predicted molar refractivity (Wildman–Crippen MR) is 112 cm³/mol. The van der Waals surface area contributed by atoms with Gasteiger partial charge in [-0.05, 0) is 67.3 Å². The zero-order chi connectivity index (χ0) is 20.1. The Kier molecular flexibility index (Phi) is 6.74. The van der Waals surface area contributed by atoms with Crippen LogP contribution in [-0.4, -0.2) is 38.3 Å². The summed E-state index contributed by atoms with van der Waals surface area (Å²) in [5.41, 5.74) is 0.524. The summed E-state index contributed by atoms with van der Waals surface area (Å²) >= 11 is 3.34. The number of ether oxygens (including phenoxy) is 1. The summed E-state index contributed by atoms with van der Waals surface area (Å²) in [4.78, 5) is 12.3. The number of sulfonamides is 1. The number of hydrogen-bond donors (Lipinski definition) is 1. The van der Waals surface area contributed by atoms with Crippen molar-refractivity contribution in [2.24, 2.45) is 5.92 Å². The van der Waals surface area contributed by atoms with Gasteiger partial charge in [-0.25, -0.2) is 8.42 Å². The number of amides is 1. The highest BCUT2D eigenvalue weighted by Gasteiger charge is 2.27. The van der Waals surface area contributed by atoms with Crippen molar-refractivity contribution in [2.75, 3.05) is 25.0 Å². The number of carbonyl (C=O) groups is 1. The van der Waals surface area contributed by atoms with Crippen molar-refractivity contribution < 1.29 is 17.9 Å². The third kappa shape index (κ3) is 5.33. The Morgan fingerprint density at radius 1 is 1.11 bits per heavy atom. The van der Waals surface area contributed by atoms with Gasteiger partial charge in [0.15, 0.2) is 6.61 Å². The highest BCUT2D eigenvalue weighted by atomic mass is 79.9. The molecule has 1 N–H and O–H groups in total. The van der Waals surface area contributed by atoms with Gasteiger partial charge in [-0.2, -0.15) is 4.31 Å². The van der Waals surface area contributed by atoms with Gasteiger partial charge in [-0.15, -0.1) is 0 Å². The minimum absolute atomic E-state index is 0.131. The third-order valence-corrected chi connectivity index (χ3v) is 7.14. The van der Waals surface area contributed by atoms with Crippen LogP contribution < -0.4 is 10.1 Å². The molecule has 0 aliphatic carbocycles. The van der Waals surface area contributed by atoms with Crippen LogP contribution in [0.1, 0.15) is 19.8 Å². The molecule has 0 radical (unpaired) electrons. The molecule has 3 rings (SSSR count). The van der Waals surface area contributed by atoms with Gasteiger partial charge in [0, 0.05) is 23.2 Å². The summed E-state index contributed by atoms with van der Waals surface area (Å²) < 4.78 is 33.3. The quantitative estimate of drug-likeness (QED) is 0.700. The second kappa shape index (κ2) is 9.07. The number of halogens is 1. The number of benzene rings is 2. The maximum Gasteiger partial charge on any atom is 0.262 e. The van der Waals surface area contributed by atoms with Gasteiger partial charge in [0.2, 0.25) is 10.0 Å². The molecule has 0 spiro atoms. The van der Waals surface area contributed by atoms with Crippen molar-refractivity contribution in [1.82, 2.24) is 4.31 Å². The molecule has 8 heteroatoms. The summed E-state index contributed by atoms with van der Waals surface area (Å²) in [6, 6.07) is 13.4. The molecule has 1 aliphatic heterocycles. The average Bonchev–Trinajstić information content (AvgIpc) is 2.68. The van der Waals surface area contributed by atoms with E-state index in [1.54, 1.807) is 24.3 Å². The van der Waals surface area contributed by atoms with E-state index in [0.717, 1.165) is 17.3 Å². The van der Waals surface area contributed by atoms with Gasteiger partial charge in [-0.3, -0.25) is 4.79 Å². The van der Waals surface area contributed by atoms with Gasteiger partial charge in [0.25, 0.3) is 5.91 Å². The van der Waals surface area contributed by atoms with E-state index in [2.05, 4.69) is 28.2 Å². The first-order chi connectivity index (χ1) is 13.3. The molecule has 0 aromatic heterocycles. The highest BCUT2D eigenvalue weighted by Crippen LogP contribution is 2.24. The van der Waals surface area contributed by atoms with E-state index in [0.29, 0.717) is 30.4 Å². The predicted octanol–water partition coefficient (Wildman–Crippen LogP) is 3.89. The summed E-state index contributed by atoms with van der Waals surface area (Å²) in [6.07, 6.45) is 1.76. The SMILES string of the molecule is CC1CCN(S(=O)(=O)c2ccc(NC(=O)COc3ccc(Br)cc3)cc2)CC1. The zero-order valence-electron chi connectivity index (χ0n) is 15.6. The number of piperidine rings is 1. The van der Waals surface area contributed by atoms with Crippen LogP contribution in [-0.2, 0) is 14.8 Å². The Labute approximate surface area is 174 Å². The third-order valence-electron chi connectivity index (χ3n) is 4.70. The fourth-order valence-corrected chi connectivity index (χ4v) is 4.70. The molecule has 1 saturated heterocycles. The van der Waals surface area contributed by atoms with Gasteiger partial charge in [-0.1, -0.05) is 22.9 Å². The van der Waals surface area contributed by atoms with Crippen LogP contribution in [0.4, 0.5) is 5.69 Å². The molecule has 0 atom stereocenters. The lowest BCUT2D eigenvalue weighted by Gasteiger charge is -2.29. The van der Waals surface area contributed by atoms with Crippen LogP contribution >= 0.6 is 15.9 Å². The van der Waals surface area contributed by atoms with Gasteiger partial charge < -0.3 is 10.1 Å². The van der Waals surface area contributed by atoms with Crippen molar-refractivity contribution in [1.29, 1.82) is 0 Å². The Hall–Kier alpha value is -1.90. The van der Waals surface area contributed by atoms with Crippen LogP contribution in [0.25, 0.3) is 0 Å². The minimum atomic E-state index is -3.49. The molecule has 1 amide bonds. The largest absolute Gasteiger partial charge is 0.484 e. The topological polar surface area (TPSA) is 75.7 Å². The Bertz CT molecular complexity index is 906. The lowest BCUT2D eigenvalue weighted by Crippen LogP contribution is -2.37. The molecule has 28 heavy (non-hydrogen) atoms. The van der Waals surface area contributed by atoms with E-state index in [9.17, 15) is 13.2 Å². The van der Waals surface area contributed by atoms with E-state index in [4.69, 9.17) is 4.74 Å². The van der Waals surface area contributed by atoms with Crippen LogP contribution in [0.2, 0.25) is 0 Å². The zero-order valence-corrected chi connectivity index (χ0v) is 18.0. The smallest absolute Gasteiger partial charge is 0.262 e. The standard InChI is InChI=1S/C20H23BrN2O4S/c1-15-10-12-23(13-11-15)28(25,26)19-8-4-17(5-9-19)22-20(24)14-27-18-6-2-16(21)3-7-18/h2-9,15H,10-14H2,1H3,(H,22,24). The number of nitrogens with zero attached hydrogens (tertiary/aromatic N) is 1. The number of carbonyl (C=O) groups excluding carboxylic acids is 1. The van der Waals surface area contributed by atoms with E-state index < -0.39 is 10.0 Å². The molecule has 0 unspecified atom stereocenters. The normalized spacial score (nSPS) is 15.9. The number of nitrogens with one attached hydrogen (secondary N) is 1. The summed E-state index contributed by atoms with van der Waals surface area (Å²) in [5.74, 6) is 0.836. The molecule has 1 fully saturated rings. The van der Waals surface area contributed by atoms with E-state index in [-0.39, 0.29) is 17.4 Å².